The van der Waals surface area contributed by atoms with Crippen molar-refractivity contribution in [2.45, 2.75) is 13.3 Å². The lowest BCUT2D eigenvalue weighted by molar-refractivity contribution is -0.115. The van der Waals surface area contributed by atoms with Gasteiger partial charge in [-0.15, -0.1) is 0 Å². The summed E-state index contributed by atoms with van der Waals surface area (Å²) in [7, 11) is 0. The fourth-order valence-corrected chi connectivity index (χ4v) is 3.24. The zero-order valence-electron chi connectivity index (χ0n) is 14.0. The predicted octanol–water partition coefficient (Wildman–Crippen LogP) is 4.88. The largest absolute Gasteiger partial charge is 0.325 e. The molecular weight excluding hydrogens is 308 g/mol. The van der Waals surface area contributed by atoms with E-state index in [-0.39, 0.29) is 5.91 Å². The minimum atomic E-state index is -0.0228. The van der Waals surface area contributed by atoms with Crippen LogP contribution in [0.3, 0.4) is 0 Å². The Morgan fingerprint density at radius 2 is 1.72 bits per heavy atom. The molecule has 0 atom stereocenters. The van der Waals surface area contributed by atoms with Crippen LogP contribution in [-0.4, -0.2) is 10.9 Å². The standard InChI is InChI=1S/C22H18N2O/c1-15-11-12-20(19-10-5-13-23-22(15)19)24-21(25)14-17-8-4-7-16-6-2-3-9-18(16)17/h2-13H,14H2,1H3,(H,24,25). The van der Waals surface area contributed by atoms with Gasteiger partial charge >= 0.3 is 0 Å². The summed E-state index contributed by atoms with van der Waals surface area (Å²) in [5, 5.41) is 6.28. The van der Waals surface area contributed by atoms with Crippen molar-refractivity contribution >= 4 is 33.3 Å². The van der Waals surface area contributed by atoms with Crippen molar-refractivity contribution in [3.8, 4) is 0 Å². The third-order valence-electron chi connectivity index (χ3n) is 4.48. The van der Waals surface area contributed by atoms with Gasteiger partial charge in [0.05, 0.1) is 17.6 Å². The molecule has 0 aliphatic rings. The van der Waals surface area contributed by atoms with Crippen LogP contribution in [0.25, 0.3) is 21.7 Å². The van der Waals surface area contributed by atoms with Gasteiger partial charge in [-0.25, -0.2) is 0 Å². The minimum Gasteiger partial charge on any atom is -0.325 e. The number of carbonyl (C=O) groups is 1. The van der Waals surface area contributed by atoms with E-state index >= 15 is 0 Å². The van der Waals surface area contributed by atoms with Crippen LogP contribution < -0.4 is 5.32 Å². The zero-order valence-corrected chi connectivity index (χ0v) is 14.0. The molecule has 25 heavy (non-hydrogen) atoms. The van der Waals surface area contributed by atoms with Gasteiger partial charge < -0.3 is 5.32 Å². The highest BCUT2D eigenvalue weighted by Crippen LogP contribution is 2.25. The van der Waals surface area contributed by atoms with Crippen LogP contribution in [-0.2, 0) is 11.2 Å². The molecule has 0 saturated heterocycles. The number of carbonyl (C=O) groups excluding carboxylic acids is 1. The van der Waals surface area contributed by atoms with E-state index in [2.05, 4.69) is 28.5 Å². The van der Waals surface area contributed by atoms with Gasteiger partial charge in [-0.05, 0) is 47.0 Å². The predicted molar refractivity (Wildman–Crippen MR) is 103 cm³/mol. The summed E-state index contributed by atoms with van der Waals surface area (Å²) >= 11 is 0. The van der Waals surface area contributed by atoms with Gasteiger partial charge in [0.2, 0.25) is 5.91 Å². The van der Waals surface area contributed by atoms with Crippen molar-refractivity contribution in [1.29, 1.82) is 0 Å². The first kappa shape index (κ1) is 15.3. The third kappa shape index (κ3) is 2.96. The molecule has 0 aliphatic carbocycles. The molecule has 3 heteroatoms. The molecule has 0 spiro atoms. The van der Waals surface area contributed by atoms with Crippen LogP contribution in [0.15, 0.2) is 72.9 Å². The second-order valence-corrected chi connectivity index (χ2v) is 6.19. The Labute approximate surface area is 146 Å². The maximum atomic E-state index is 12.6. The number of pyridine rings is 1. The maximum Gasteiger partial charge on any atom is 0.228 e. The molecule has 1 amide bonds. The molecule has 1 heterocycles. The van der Waals surface area contributed by atoms with E-state index in [1.165, 1.54) is 0 Å². The molecule has 122 valence electrons. The van der Waals surface area contributed by atoms with Gasteiger partial charge in [0.25, 0.3) is 0 Å². The van der Waals surface area contributed by atoms with E-state index in [4.69, 9.17) is 0 Å². The number of fused-ring (bicyclic) bond motifs is 2. The Balaban J connectivity index is 1.64. The summed E-state index contributed by atoms with van der Waals surface area (Å²) in [6, 6.07) is 22.0. The number of aryl methyl sites for hydroxylation is 1. The Bertz CT molecular complexity index is 1080. The van der Waals surface area contributed by atoms with E-state index in [0.29, 0.717) is 6.42 Å². The first-order valence-corrected chi connectivity index (χ1v) is 8.33. The lowest BCUT2D eigenvalue weighted by atomic mass is 10.0. The quantitative estimate of drug-likeness (QED) is 0.583. The van der Waals surface area contributed by atoms with Crippen molar-refractivity contribution in [2.75, 3.05) is 5.32 Å². The van der Waals surface area contributed by atoms with Gasteiger partial charge in [-0.3, -0.25) is 9.78 Å². The number of hydrogen-bond acceptors (Lipinski definition) is 2. The minimum absolute atomic E-state index is 0.0228. The number of aromatic nitrogens is 1. The van der Waals surface area contributed by atoms with Crippen molar-refractivity contribution in [2.24, 2.45) is 0 Å². The molecule has 3 nitrogen and oxygen atoms in total. The lowest BCUT2D eigenvalue weighted by Gasteiger charge is -2.11. The van der Waals surface area contributed by atoms with E-state index in [1.54, 1.807) is 6.20 Å². The average Bonchev–Trinajstić information content (AvgIpc) is 2.65. The molecule has 1 aromatic heterocycles. The fourth-order valence-electron chi connectivity index (χ4n) is 3.24. The molecule has 1 N–H and O–H groups in total. The molecule has 3 aromatic carbocycles. The van der Waals surface area contributed by atoms with Gasteiger partial charge in [-0.1, -0.05) is 48.5 Å². The number of nitrogens with one attached hydrogen (secondary N) is 1. The van der Waals surface area contributed by atoms with Crippen LogP contribution in [0.1, 0.15) is 11.1 Å². The monoisotopic (exact) mass is 326 g/mol. The van der Waals surface area contributed by atoms with Crippen LogP contribution in [0, 0.1) is 6.92 Å². The van der Waals surface area contributed by atoms with Crippen LogP contribution in [0.2, 0.25) is 0 Å². The molecule has 0 bridgehead atoms. The van der Waals surface area contributed by atoms with E-state index in [1.807, 2.05) is 55.5 Å². The van der Waals surface area contributed by atoms with Crippen molar-refractivity contribution in [3.05, 3.63) is 84.1 Å². The van der Waals surface area contributed by atoms with Crippen LogP contribution in [0.4, 0.5) is 5.69 Å². The van der Waals surface area contributed by atoms with Gasteiger partial charge in [0.15, 0.2) is 0 Å². The van der Waals surface area contributed by atoms with Crippen molar-refractivity contribution < 1.29 is 4.79 Å². The molecule has 0 unspecified atom stereocenters. The van der Waals surface area contributed by atoms with Gasteiger partial charge in [0, 0.05) is 11.6 Å². The molecule has 0 aliphatic heterocycles. The average molecular weight is 326 g/mol. The number of hydrogen-bond donors (Lipinski definition) is 1. The summed E-state index contributed by atoms with van der Waals surface area (Å²) in [6.07, 6.45) is 2.12. The topological polar surface area (TPSA) is 42.0 Å². The summed E-state index contributed by atoms with van der Waals surface area (Å²) in [4.78, 5) is 17.0. The number of amides is 1. The third-order valence-corrected chi connectivity index (χ3v) is 4.48. The summed E-state index contributed by atoms with van der Waals surface area (Å²) < 4.78 is 0. The first-order valence-electron chi connectivity index (χ1n) is 8.33. The Morgan fingerprint density at radius 3 is 2.64 bits per heavy atom. The number of rotatable bonds is 3. The van der Waals surface area contributed by atoms with Gasteiger partial charge in [-0.2, -0.15) is 0 Å². The SMILES string of the molecule is Cc1ccc(NC(=O)Cc2cccc3ccccc23)c2cccnc12. The first-order chi connectivity index (χ1) is 12.2. The Kier molecular flexibility index (Phi) is 3.90. The maximum absolute atomic E-state index is 12.6. The molecule has 0 fully saturated rings. The molecule has 0 saturated carbocycles. The number of anilines is 1. The molecule has 0 radical (unpaired) electrons. The highest BCUT2D eigenvalue weighted by molar-refractivity contribution is 6.03. The molecule has 4 aromatic rings. The molecule has 4 rings (SSSR count). The Hall–Kier alpha value is -3.20. The molecular formula is C22H18N2O. The van der Waals surface area contributed by atoms with E-state index < -0.39 is 0 Å². The lowest BCUT2D eigenvalue weighted by Crippen LogP contribution is -2.15. The number of nitrogens with zero attached hydrogens (tertiary/aromatic N) is 1. The van der Waals surface area contributed by atoms with Crippen LogP contribution in [0.5, 0.6) is 0 Å². The highest BCUT2D eigenvalue weighted by Gasteiger charge is 2.10. The van der Waals surface area contributed by atoms with Gasteiger partial charge in [0.1, 0.15) is 0 Å². The zero-order chi connectivity index (χ0) is 17.2. The van der Waals surface area contributed by atoms with E-state index in [9.17, 15) is 4.79 Å². The highest BCUT2D eigenvalue weighted by atomic mass is 16.1. The van der Waals surface area contributed by atoms with Crippen molar-refractivity contribution in [1.82, 2.24) is 4.98 Å². The number of benzene rings is 3. The summed E-state index contributed by atoms with van der Waals surface area (Å²) in [5.41, 5.74) is 3.86. The smallest absolute Gasteiger partial charge is 0.228 e. The second-order valence-electron chi connectivity index (χ2n) is 6.19. The Morgan fingerprint density at radius 1 is 0.920 bits per heavy atom. The fraction of sp³-hybridized carbons (Fsp3) is 0.0909. The van der Waals surface area contributed by atoms with Crippen LogP contribution >= 0.6 is 0 Å². The second kappa shape index (κ2) is 6.36. The van der Waals surface area contributed by atoms with E-state index in [0.717, 1.165) is 38.5 Å². The summed E-state index contributed by atoms with van der Waals surface area (Å²) in [5.74, 6) is -0.0228. The normalized spacial score (nSPS) is 10.9. The summed E-state index contributed by atoms with van der Waals surface area (Å²) in [6.45, 7) is 2.02. The van der Waals surface area contributed by atoms with Crippen molar-refractivity contribution in [3.63, 3.8) is 0 Å².